The molecule has 0 saturated carbocycles. The van der Waals surface area contributed by atoms with Gasteiger partial charge in [0.2, 0.25) is 0 Å². The van der Waals surface area contributed by atoms with Crippen LogP contribution in [0.5, 0.6) is 5.75 Å². The van der Waals surface area contributed by atoms with Crippen molar-refractivity contribution in [1.29, 1.82) is 0 Å². The second-order valence-electron chi connectivity index (χ2n) is 2.74. The molecule has 5 heteroatoms. The molecule has 0 aliphatic heterocycles. The molecule has 5 nitrogen and oxygen atoms in total. The SMILES string of the molecule is COc1cccc([N+](=O)[O-])c1/C=C/CO. The lowest BCUT2D eigenvalue weighted by Gasteiger charge is -2.04. The second kappa shape index (κ2) is 5.11. The number of benzene rings is 1. The Morgan fingerprint density at radius 3 is 2.87 bits per heavy atom. The fraction of sp³-hybridized carbons (Fsp3) is 0.200. The fourth-order valence-electron chi connectivity index (χ4n) is 1.21. The zero-order valence-corrected chi connectivity index (χ0v) is 8.21. The molecule has 0 radical (unpaired) electrons. The summed E-state index contributed by atoms with van der Waals surface area (Å²) >= 11 is 0. The van der Waals surface area contributed by atoms with E-state index in [0.29, 0.717) is 11.3 Å². The first kappa shape index (κ1) is 11.2. The van der Waals surface area contributed by atoms with E-state index >= 15 is 0 Å². The molecule has 0 aromatic heterocycles. The molecule has 0 atom stereocenters. The first-order valence-corrected chi connectivity index (χ1v) is 4.29. The minimum absolute atomic E-state index is 0.0425. The van der Waals surface area contributed by atoms with Gasteiger partial charge in [-0.1, -0.05) is 12.1 Å². The molecule has 0 unspecified atom stereocenters. The summed E-state index contributed by atoms with van der Waals surface area (Å²) in [5.41, 5.74) is 0.318. The number of nitro groups is 1. The van der Waals surface area contributed by atoms with Crippen molar-refractivity contribution in [2.45, 2.75) is 0 Å². The van der Waals surface area contributed by atoms with Gasteiger partial charge >= 0.3 is 0 Å². The highest BCUT2D eigenvalue weighted by atomic mass is 16.6. The predicted molar refractivity (Wildman–Crippen MR) is 55.8 cm³/mol. The molecule has 0 spiro atoms. The molecular formula is C10H11NO4. The van der Waals surface area contributed by atoms with Crippen molar-refractivity contribution < 1.29 is 14.8 Å². The average molecular weight is 209 g/mol. The van der Waals surface area contributed by atoms with E-state index in [-0.39, 0.29) is 12.3 Å². The molecule has 0 aliphatic rings. The third-order valence-electron chi connectivity index (χ3n) is 1.85. The number of methoxy groups -OCH3 is 1. The molecule has 1 N–H and O–H groups in total. The Morgan fingerprint density at radius 2 is 2.33 bits per heavy atom. The van der Waals surface area contributed by atoms with E-state index in [4.69, 9.17) is 9.84 Å². The van der Waals surface area contributed by atoms with Crippen LogP contribution in [0.25, 0.3) is 6.08 Å². The number of aliphatic hydroxyl groups is 1. The van der Waals surface area contributed by atoms with Crippen LogP contribution in [0.4, 0.5) is 5.69 Å². The van der Waals surface area contributed by atoms with Crippen molar-refractivity contribution in [2.75, 3.05) is 13.7 Å². The maximum absolute atomic E-state index is 10.7. The summed E-state index contributed by atoms with van der Waals surface area (Å²) < 4.78 is 5.00. The summed E-state index contributed by atoms with van der Waals surface area (Å²) in [6.45, 7) is -0.171. The minimum Gasteiger partial charge on any atom is -0.496 e. The normalized spacial score (nSPS) is 10.5. The van der Waals surface area contributed by atoms with Gasteiger partial charge in [-0.25, -0.2) is 0 Å². The lowest BCUT2D eigenvalue weighted by atomic mass is 10.1. The van der Waals surface area contributed by atoms with E-state index in [1.54, 1.807) is 12.1 Å². The molecule has 0 amide bonds. The summed E-state index contributed by atoms with van der Waals surface area (Å²) in [7, 11) is 1.44. The lowest BCUT2D eigenvalue weighted by Crippen LogP contribution is -1.95. The Labute approximate surface area is 86.8 Å². The van der Waals surface area contributed by atoms with E-state index in [1.165, 1.54) is 25.3 Å². The number of nitrogens with zero attached hydrogens (tertiary/aromatic N) is 1. The number of nitro benzene ring substituents is 1. The third kappa shape index (κ3) is 2.54. The summed E-state index contributed by atoms with van der Waals surface area (Å²) in [5, 5.41) is 19.3. The Hall–Kier alpha value is -1.88. The van der Waals surface area contributed by atoms with Crippen LogP contribution in [0.2, 0.25) is 0 Å². The van der Waals surface area contributed by atoms with Gasteiger partial charge in [0.15, 0.2) is 0 Å². The van der Waals surface area contributed by atoms with E-state index in [0.717, 1.165) is 0 Å². The van der Waals surface area contributed by atoms with Crippen LogP contribution in [0, 0.1) is 10.1 Å². The average Bonchev–Trinajstić information content (AvgIpc) is 2.25. The van der Waals surface area contributed by atoms with Crippen molar-refractivity contribution in [3.63, 3.8) is 0 Å². The zero-order chi connectivity index (χ0) is 11.3. The fourth-order valence-corrected chi connectivity index (χ4v) is 1.21. The molecule has 1 aromatic rings. The topological polar surface area (TPSA) is 72.6 Å². The predicted octanol–water partition coefficient (Wildman–Crippen LogP) is 1.61. The quantitative estimate of drug-likeness (QED) is 0.604. The maximum Gasteiger partial charge on any atom is 0.280 e. The van der Waals surface area contributed by atoms with Gasteiger partial charge in [0.1, 0.15) is 5.75 Å². The molecule has 0 heterocycles. The number of hydrogen-bond donors (Lipinski definition) is 1. The summed E-state index contributed by atoms with van der Waals surface area (Å²) in [6, 6.07) is 4.57. The summed E-state index contributed by atoms with van der Waals surface area (Å²) in [5.74, 6) is 0.411. The summed E-state index contributed by atoms with van der Waals surface area (Å²) in [6.07, 6.45) is 2.89. The molecule has 0 aliphatic carbocycles. The van der Waals surface area contributed by atoms with Gasteiger partial charge in [0.05, 0.1) is 24.2 Å². The smallest absolute Gasteiger partial charge is 0.280 e. The molecule has 1 aromatic carbocycles. The van der Waals surface area contributed by atoms with Crippen LogP contribution in [0.15, 0.2) is 24.3 Å². The van der Waals surface area contributed by atoms with Crippen LogP contribution in [-0.2, 0) is 0 Å². The monoisotopic (exact) mass is 209 g/mol. The van der Waals surface area contributed by atoms with Crippen LogP contribution in [0.3, 0.4) is 0 Å². The first-order chi connectivity index (χ1) is 7.20. The van der Waals surface area contributed by atoms with Crippen molar-refractivity contribution >= 4 is 11.8 Å². The highest BCUT2D eigenvalue weighted by Gasteiger charge is 2.14. The third-order valence-corrected chi connectivity index (χ3v) is 1.85. The Kier molecular flexibility index (Phi) is 3.82. The highest BCUT2D eigenvalue weighted by molar-refractivity contribution is 5.67. The van der Waals surface area contributed by atoms with Crippen molar-refractivity contribution in [1.82, 2.24) is 0 Å². The highest BCUT2D eigenvalue weighted by Crippen LogP contribution is 2.29. The van der Waals surface area contributed by atoms with Gasteiger partial charge in [-0.05, 0) is 12.1 Å². The summed E-state index contributed by atoms with van der Waals surface area (Å²) in [4.78, 5) is 10.2. The van der Waals surface area contributed by atoms with Gasteiger partial charge in [-0.2, -0.15) is 0 Å². The first-order valence-electron chi connectivity index (χ1n) is 4.29. The van der Waals surface area contributed by atoms with E-state index in [2.05, 4.69) is 0 Å². The van der Waals surface area contributed by atoms with Gasteiger partial charge < -0.3 is 9.84 Å². The van der Waals surface area contributed by atoms with Gasteiger partial charge in [0, 0.05) is 6.07 Å². The Bertz CT molecular complexity index is 387. The molecule has 1 rings (SSSR count). The number of ether oxygens (including phenoxy) is 1. The lowest BCUT2D eigenvalue weighted by molar-refractivity contribution is -0.385. The standard InChI is InChI=1S/C10H11NO4/c1-15-10-6-2-5-9(11(13)14)8(10)4-3-7-12/h2-6,12H,7H2,1H3/b4-3+. The number of rotatable bonds is 4. The maximum atomic E-state index is 10.7. The largest absolute Gasteiger partial charge is 0.496 e. The molecular weight excluding hydrogens is 198 g/mol. The number of aliphatic hydroxyl groups excluding tert-OH is 1. The van der Waals surface area contributed by atoms with Gasteiger partial charge in [0.25, 0.3) is 5.69 Å². The van der Waals surface area contributed by atoms with Gasteiger partial charge in [-0.15, -0.1) is 0 Å². The van der Waals surface area contributed by atoms with Crippen molar-refractivity contribution in [3.8, 4) is 5.75 Å². The van der Waals surface area contributed by atoms with Crippen LogP contribution >= 0.6 is 0 Å². The van der Waals surface area contributed by atoms with Crippen LogP contribution in [0.1, 0.15) is 5.56 Å². The molecule has 15 heavy (non-hydrogen) atoms. The molecule has 0 bridgehead atoms. The van der Waals surface area contributed by atoms with Crippen LogP contribution < -0.4 is 4.74 Å². The minimum atomic E-state index is -0.487. The second-order valence-corrected chi connectivity index (χ2v) is 2.74. The van der Waals surface area contributed by atoms with Crippen molar-refractivity contribution in [3.05, 3.63) is 40.0 Å². The van der Waals surface area contributed by atoms with Gasteiger partial charge in [-0.3, -0.25) is 10.1 Å². The molecule has 80 valence electrons. The molecule has 0 fully saturated rings. The Morgan fingerprint density at radius 1 is 1.60 bits per heavy atom. The molecule has 0 saturated heterocycles. The van der Waals surface area contributed by atoms with Crippen LogP contribution in [-0.4, -0.2) is 23.7 Å². The Balaban J connectivity index is 3.26. The van der Waals surface area contributed by atoms with E-state index in [9.17, 15) is 10.1 Å². The van der Waals surface area contributed by atoms with E-state index < -0.39 is 4.92 Å². The zero-order valence-electron chi connectivity index (χ0n) is 8.21. The number of hydrogen-bond acceptors (Lipinski definition) is 4. The van der Waals surface area contributed by atoms with Crippen molar-refractivity contribution in [2.24, 2.45) is 0 Å². The van der Waals surface area contributed by atoms with E-state index in [1.807, 2.05) is 0 Å².